The van der Waals surface area contributed by atoms with E-state index in [1.54, 1.807) is 6.92 Å². The molecule has 1 aromatic rings. The predicted molar refractivity (Wildman–Crippen MR) is 66.8 cm³/mol. The van der Waals surface area contributed by atoms with Gasteiger partial charge in [0.1, 0.15) is 6.04 Å². The summed E-state index contributed by atoms with van der Waals surface area (Å²) in [5.41, 5.74) is 0.205. The Labute approximate surface area is 109 Å². The van der Waals surface area contributed by atoms with Crippen molar-refractivity contribution in [1.29, 1.82) is 0 Å². The molecule has 0 aliphatic rings. The quantitative estimate of drug-likeness (QED) is 0.761. The van der Waals surface area contributed by atoms with Crippen LogP contribution in [0.15, 0.2) is 18.2 Å². The van der Waals surface area contributed by atoms with Gasteiger partial charge in [-0.1, -0.05) is 0 Å². The summed E-state index contributed by atoms with van der Waals surface area (Å²) in [7, 11) is 0. The maximum absolute atomic E-state index is 13.5. The van der Waals surface area contributed by atoms with E-state index in [9.17, 15) is 14.0 Å². The standard InChI is InChI=1S/C12H15FN2O4/c1-3-19-10-5-4-8(6-9(10)13)15-12(18)14-7(2)11(16)17/h4-7H,3H2,1-2H3,(H,16,17)(H2,14,15,18)/t7-/m1/s1. The highest BCUT2D eigenvalue weighted by atomic mass is 19.1. The van der Waals surface area contributed by atoms with E-state index in [0.717, 1.165) is 6.07 Å². The molecule has 0 aliphatic heterocycles. The fourth-order valence-electron chi connectivity index (χ4n) is 1.28. The van der Waals surface area contributed by atoms with Gasteiger partial charge in [-0.05, 0) is 26.0 Å². The van der Waals surface area contributed by atoms with Gasteiger partial charge in [-0.25, -0.2) is 9.18 Å². The number of ether oxygens (including phenoxy) is 1. The molecule has 0 aliphatic carbocycles. The Morgan fingerprint density at radius 3 is 2.68 bits per heavy atom. The number of carbonyl (C=O) groups excluding carboxylic acids is 1. The van der Waals surface area contributed by atoms with E-state index >= 15 is 0 Å². The lowest BCUT2D eigenvalue weighted by atomic mass is 10.3. The second-order valence-corrected chi connectivity index (χ2v) is 3.74. The van der Waals surface area contributed by atoms with E-state index in [-0.39, 0.29) is 11.4 Å². The van der Waals surface area contributed by atoms with Gasteiger partial charge < -0.3 is 20.5 Å². The number of aliphatic carboxylic acids is 1. The highest BCUT2D eigenvalue weighted by Crippen LogP contribution is 2.20. The second kappa shape index (κ2) is 6.58. The smallest absolute Gasteiger partial charge is 0.325 e. The van der Waals surface area contributed by atoms with E-state index in [1.165, 1.54) is 19.1 Å². The van der Waals surface area contributed by atoms with Crippen molar-refractivity contribution in [2.24, 2.45) is 0 Å². The normalized spacial score (nSPS) is 11.5. The van der Waals surface area contributed by atoms with Crippen molar-refractivity contribution >= 4 is 17.7 Å². The largest absolute Gasteiger partial charge is 0.491 e. The third-order valence-corrected chi connectivity index (χ3v) is 2.21. The van der Waals surface area contributed by atoms with Gasteiger partial charge in [0.05, 0.1) is 6.61 Å². The van der Waals surface area contributed by atoms with E-state index in [0.29, 0.717) is 6.61 Å². The molecule has 0 bridgehead atoms. The number of carboxylic acids is 1. The monoisotopic (exact) mass is 270 g/mol. The van der Waals surface area contributed by atoms with Crippen LogP contribution in [0.5, 0.6) is 5.75 Å². The number of amides is 2. The Balaban J connectivity index is 2.65. The predicted octanol–water partition coefficient (Wildman–Crippen LogP) is 1.82. The van der Waals surface area contributed by atoms with Crippen LogP contribution in [-0.4, -0.2) is 29.8 Å². The van der Waals surface area contributed by atoms with Crippen LogP contribution in [0.4, 0.5) is 14.9 Å². The summed E-state index contributed by atoms with van der Waals surface area (Å²) in [4.78, 5) is 21.9. The molecule has 0 unspecified atom stereocenters. The molecule has 3 N–H and O–H groups in total. The van der Waals surface area contributed by atoms with Crippen LogP contribution in [-0.2, 0) is 4.79 Å². The molecule has 7 heteroatoms. The molecule has 0 heterocycles. The van der Waals surface area contributed by atoms with Crippen LogP contribution in [0.25, 0.3) is 0 Å². The zero-order valence-corrected chi connectivity index (χ0v) is 10.6. The summed E-state index contributed by atoms with van der Waals surface area (Å²) in [6.07, 6.45) is 0. The molecule has 104 valence electrons. The first-order valence-corrected chi connectivity index (χ1v) is 5.66. The number of carbonyl (C=O) groups is 2. The van der Waals surface area contributed by atoms with Crippen LogP contribution in [0.2, 0.25) is 0 Å². The Morgan fingerprint density at radius 1 is 1.47 bits per heavy atom. The van der Waals surface area contributed by atoms with Crippen molar-refractivity contribution in [3.63, 3.8) is 0 Å². The van der Waals surface area contributed by atoms with Crippen molar-refractivity contribution < 1.29 is 23.8 Å². The summed E-state index contributed by atoms with van der Waals surface area (Å²) >= 11 is 0. The molecule has 1 atom stereocenters. The summed E-state index contributed by atoms with van der Waals surface area (Å²) in [5, 5.41) is 13.1. The molecule has 0 saturated carbocycles. The van der Waals surface area contributed by atoms with Crippen molar-refractivity contribution in [3.8, 4) is 5.75 Å². The summed E-state index contributed by atoms with van der Waals surface area (Å²) < 4.78 is 18.5. The van der Waals surface area contributed by atoms with Crippen molar-refractivity contribution in [2.75, 3.05) is 11.9 Å². The first kappa shape index (κ1) is 14.7. The Hall–Kier alpha value is -2.31. The van der Waals surface area contributed by atoms with Crippen molar-refractivity contribution in [2.45, 2.75) is 19.9 Å². The molecule has 0 spiro atoms. The lowest BCUT2D eigenvalue weighted by Gasteiger charge is -2.11. The van der Waals surface area contributed by atoms with Gasteiger partial charge in [0.2, 0.25) is 0 Å². The van der Waals surface area contributed by atoms with Gasteiger partial charge >= 0.3 is 12.0 Å². The van der Waals surface area contributed by atoms with E-state index < -0.39 is 23.9 Å². The zero-order chi connectivity index (χ0) is 14.4. The fraction of sp³-hybridized carbons (Fsp3) is 0.333. The second-order valence-electron chi connectivity index (χ2n) is 3.74. The van der Waals surface area contributed by atoms with Gasteiger partial charge in [-0.3, -0.25) is 4.79 Å². The fourth-order valence-corrected chi connectivity index (χ4v) is 1.28. The maximum atomic E-state index is 13.5. The minimum atomic E-state index is -1.16. The maximum Gasteiger partial charge on any atom is 0.325 e. The topological polar surface area (TPSA) is 87.7 Å². The number of hydrogen-bond donors (Lipinski definition) is 3. The van der Waals surface area contributed by atoms with Gasteiger partial charge in [-0.2, -0.15) is 0 Å². The Kier molecular flexibility index (Phi) is 5.11. The van der Waals surface area contributed by atoms with Crippen LogP contribution < -0.4 is 15.4 Å². The number of urea groups is 1. The molecule has 19 heavy (non-hydrogen) atoms. The van der Waals surface area contributed by atoms with Crippen LogP contribution in [0, 0.1) is 5.82 Å². The summed E-state index contributed by atoms with van der Waals surface area (Å²) in [6.45, 7) is 3.38. The zero-order valence-electron chi connectivity index (χ0n) is 10.6. The number of benzene rings is 1. The number of hydrogen-bond acceptors (Lipinski definition) is 3. The van der Waals surface area contributed by atoms with E-state index in [2.05, 4.69) is 10.6 Å². The van der Waals surface area contributed by atoms with E-state index in [4.69, 9.17) is 9.84 Å². The number of nitrogens with one attached hydrogen (secondary N) is 2. The van der Waals surface area contributed by atoms with Crippen LogP contribution >= 0.6 is 0 Å². The summed E-state index contributed by atoms with van der Waals surface area (Å²) in [5.74, 6) is -1.67. The molecule has 0 saturated heterocycles. The third-order valence-electron chi connectivity index (χ3n) is 2.21. The number of halogens is 1. The molecule has 1 rings (SSSR count). The average Bonchev–Trinajstić information content (AvgIpc) is 2.32. The van der Waals surface area contributed by atoms with Gasteiger partial charge in [0.25, 0.3) is 0 Å². The molecule has 2 amide bonds. The SMILES string of the molecule is CCOc1ccc(NC(=O)N[C@H](C)C(=O)O)cc1F. The van der Waals surface area contributed by atoms with Crippen LogP contribution in [0.1, 0.15) is 13.8 Å². The Morgan fingerprint density at radius 2 is 2.16 bits per heavy atom. The van der Waals surface area contributed by atoms with Crippen molar-refractivity contribution in [1.82, 2.24) is 5.32 Å². The Bertz CT molecular complexity index is 479. The third kappa shape index (κ3) is 4.46. The van der Waals surface area contributed by atoms with Crippen molar-refractivity contribution in [3.05, 3.63) is 24.0 Å². The molecule has 6 nitrogen and oxygen atoms in total. The molecular formula is C12H15FN2O4. The highest BCUT2D eigenvalue weighted by Gasteiger charge is 2.14. The van der Waals surface area contributed by atoms with E-state index in [1.807, 2.05) is 0 Å². The summed E-state index contributed by atoms with van der Waals surface area (Å²) in [6, 6.07) is 2.18. The van der Waals surface area contributed by atoms with Crippen LogP contribution in [0.3, 0.4) is 0 Å². The lowest BCUT2D eigenvalue weighted by molar-refractivity contribution is -0.138. The lowest BCUT2D eigenvalue weighted by Crippen LogP contribution is -2.40. The first-order valence-electron chi connectivity index (χ1n) is 5.66. The van der Waals surface area contributed by atoms with Gasteiger partial charge in [0, 0.05) is 11.8 Å². The molecule has 1 aromatic carbocycles. The molecule has 0 radical (unpaired) electrons. The molecular weight excluding hydrogens is 255 g/mol. The average molecular weight is 270 g/mol. The molecule has 0 fully saturated rings. The number of rotatable bonds is 5. The highest BCUT2D eigenvalue weighted by molar-refractivity contribution is 5.92. The minimum absolute atomic E-state index is 0.0902. The molecule has 0 aromatic heterocycles. The first-order chi connectivity index (χ1) is 8.93. The minimum Gasteiger partial charge on any atom is -0.491 e. The van der Waals surface area contributed by atoms with Gasteiger partial charge in [0.15, 0.2) is 11.6 Å². The van der Waals surface area contributed by atoms with Gasteiger partial charge in [-0.15, -0.1) is 0 Å². The number of anilines is 1. The number of carboxylic acid groups (broad SMARTS) is 1.